The molecule has 94 valence electrons. The number of halogens is 1. The Kier molecular flexibility index (Phi) is 4.23. The van der Waals surface area contributed by atoms with Crippen LogP contribution in [-0.2, 0) is 0 Å². The largest absolute Gasteiger partial charge is 0.319 e. The van der Waals surface area contributed by atoms with Crippen LogP contribution in [0.15, 0.2) is 28.7 Å². The molecule has 0 radical (unpaired) electrons. The van der Waals surface area contributed by atoms with Gasteiger partial charge in [-0.1, -0.05) is 34.5 Å². The number of rotatable bonds is 5. The lowest BCUT2D eigenvalue weighted by Gasteiger charge is -2.48. The van der Waals surface area contributed by atoms with Crippen LogP contribution in [0.25, 0.3) is 0 Å². The van der Waals surface area contributed by atoms with Gasteiger partial charge in [-0.2, -0.15) is 0 Å². The minimum atomic E-state index is 0.393. The summed E-state index contributed by atoms with van der Waals surface area (Å²) in [5.41, 5.74) is 1.78. The zero-order valence-electron chi connectivity index (χ0n) is 10.6. The molecule has 0 aromatic heterocycles. The van der Waals surface area contributed by atoms with Gasteiger partial charge >= 0.3 is 0 Å². The van der Waals surface area contributed by atoms with Crippen LogP contribution in [0.1, 0.15) is 30.9 Å². The Balaban J connectivity index is 2.26. The van der Waals surface area contributed by atoms with Crippen molar-refractivity contribution in [2.75, 3.05) is 20.6 Å². The van der Waals surface area contributed by atoms with E-state index >= 15 is 0 Å². The van der Waals surface area contributed by atoms with E-state index in [2.05, 4.69) is 57.9 Å². The fraction of sp³-hybridized carbons (Fsp3) is 0.571. The van der Waals surface area contributed by atoms with E-state index in [1.165, 1.54) is 24.8 Å². The van der Waals surface area contributed by atoms with E-state index in [1.54, 1.807) is 0 Å². The molecule has 3 heteroatoms. The van der Waals surface area contributed by atoms with E-state index in [1.807, 2.05) is 7.05 Å². The molecule has 2 nitrogen and oxygen atoms in total. The summed E-state index contributed by atoms with van der Waals surface area (Å²) >= 11 is 3.56. The maximum Gasteiger partial charge on any atom is 0.0387 e. The minimum Gasteiger partial charge on any atom is -0.319 e. The third kappa shape index (κ3) is 2.56. The summed E-state index contributed by atoms with van der Waals surface area (Å²) in [6, 6.07) is 9.11. The van der Waals surface area contributed by atoms with Crippen molar-refractivity contribution in [3.05, 3.63) is 34.3 Å². The first-order valence-electron chi connectivity index (χ1n) is 6.29. The molecule has 1 saturated carbocycles. The van der Waals surface area contributed by atoms with Crippen LogP contribution < -0.4 is 10.6 Å². The van der Waals surface area contributed by atoms with Crippen molar-refractivity contribution in [1.29, 1.82) is 0 Å². The zero-order chi connectivity index (χ0) is 12.3. The van der Waals surface area contributed by atoms with Gasteiger partial charge < -0.3 is 10.6 Å². The first kappa shape index (κ1) is 13.1. The second-order valence-corrected chi connectivity index (χ2v) is 5.94. The van der Waals surface area contributed by atoms with E-state index in [4.69, 9.17) is 0 Å². The first-order valence-corrected chi connectivity index (χ1v) is 7.08. The maximum atomic E-state index is 3.56. The summed E-state index contributed by atoms with van der Waals surface area (Å²) in [6.07, 6.45) is 3.98. The highest BCUT2D eigenvalue weighted by Crippen LogP contribution is 2.49. The molecule has 2 rings (SSSR count). The smallest absolute Gasteiger partial charge is 0.0387 e. The van der Waals surface area contributed by atoms with Crippen LogP contribution in [0, 0.1) is 5.41 Å². The predicted molar refractivity (Wildman–Crippen MR) is 76.2 cm³/mol. The Bertz CT molecular complexity index is 374. The number of nitrogens with one attached hydrogen (secondary N) is 2. The van der Waals surface area contributed by atoms with Crippen molar-refractivity contribution in [3.63, 3.8) is 0 Å². The standard InChI is InChI=1S/C14H21BrN2/c1-16-10-14(7-4-8-14)13(17-2)11-5-3-6-12(15)9-11/h3,5-6,9,13,16-17H,4,7-8,10H2,1-2H3. The monoisotopic (exact) mass is 296 g/mol. The SMILES string of the molecule is CNCC1(C(NC)c2cccc(Br)c2)CCC1. The quantitative estimate of drug-likeness (QED) is 0.872. The molecule has 1 aliphatic rings. The van der Waals surface area contributed by atoms with Gasteiger partial charge in [0.25, 0.3) is 0 Å². The fourth-order valence-electron chi connectivity index (χ4n) is 3.06. The van der Waals surface area contributed by atoms with Crippen LogP contribution in [0.4, 0.5) is 0 Å². The third-order valence-electron chi connectivity index (χ3n) is 3.96. The Morgan fingerprint density at radius 3 is 2.59 bits per heavy atom. The van der Waals surface area contributed by atoms with Gasteiger partial charge in [-0.15, -0.1) is 0 Å². The Hall–Kier alpha value is -0.380. The third-order valence-corrected chi connectivity index (χ3v) is 4.45. The number of benzene rings is 1. The molecule has 0 amide bonds. The van der Waals surface area contributed by atoms with Gasteiger partial charge in [-0.25, -0.2) is 0 Å². The molecule has 0 bridgehead atoms. The van der Waals surface area contributed by atoms with Gasteiger partial charge in [0.05, 0.1) is 0 Å². The highest BCUT2D eigenvalue weighted by atomic mass is 79.9. The maximum absolute atomic E-state index is 3.56. The highest BCUT2D eigenvalue weighted by molar-refractivity contribution is 9.10. The lowest BCUT2D eigenvalue weighted by Crippen LogP contribution is -2.47. The Labute approximate surface area is 112 Å². The first-order chi connectivity index (χ1) is 8.22. The van der Waals surface area contributed by atoms with Gasteiger partial charge in [-0.3, -0.25) is 0 Å². The van der Waals surface area contributed by atoms with E-state index in [9.17, 15) is 0 Å². The molecule has 0 spiro atoms. The molecule has 2 N–H and O–H groups in total. The molecular formula is C14H21BrN2. The van der Waals surface area contributed by atoms with Crippen molar-refractivity contribution in [3.8, 4) is 0 Å². The van der Waals surface area contributed by atoms with E-state index < -0.39 is 0 Å². The summed E-state index contributed by atoms with van der Waals surface area (Å²) in [5, 5.41) is 6.87. The van der Waals surface area contributed by atoms with Crippen LogP contribution in [0.2, 0.25) is 0 Å². The summed E-state index contributed by atoms with van der Waals surface area (Å²) in [6.45, 7) is 1.09. The normalized spacial score (nSPS) is 19.7. The van der Waals surface area contributed by atoms with Crippen molar-refractivity contribution in [2.45, 2.75) is 25.3 Å². The highest BCUT2D eigenvalue weighted by Gasteiger charge is 2.43. The molecule has 1 unspecified atom stereocenters. The Morgan fingerprint density at radius 2 is 2.12 bits per heavy atom. The zero-order valence-corrected chi connectivity index (χ0v) is 12.2. The van der Waals surface area contributed by atoms with Gasteiger partial charge in [-0.05, 0) is 44.6 Å². The van der Waals surface area contributed by atoms with E-state index in [0.717, 1.165) is 11.0 Å². The fourth-order valence-corrected chi connectivity index (χ4v) is 3.48. The second kappa shape index (κ2) is 5.51. The molecule has 0 saturated heterocycles. The van der Waals surface area contributed by atoms with Gasteiger partial charge in [0, 0.05) is 22.5 Å². The summed E-state index contributed by atoms with van der Waals surface area (Å²) < 4.78 is 1.16. The van der Waals surface area contributed by atoms with Gasteiger partial charge in [0.1, 0.15) is 0 Å². The van der Waals surface area contributed by atoms with Crippen LogP contribution in [0.5, 0.6) is 0 Å². The van der Waals surface area contributed by atoms with E-state index in [0.29, 0.717) is 11.5 Å². The van der Waals surface area contributed by atoms with Crippen molar-refractivity contribution >= 4 is 15.9 Å². The van der Waals surface area contributed by atoms with Crippen molar-refractivity contribution < 1.29 is 0 Å². The lowest BCUT2D eigenvalue weighted by atomic mass is 9.62. The summed E-state index contributed by atoms with van der Waals surface area (Å²) in [5.74, 6) is 0. The topological polar surface area (TPSA) is 24.1 Å². The van der Waals surface area contributed by atoms with Crippen molar-refractivity contribution in [2.24, 2.45) is 5.41 Å². The van der Waals surface area contributed by atoms with Crippen molar-refractivity contribution in [1.82, 2.24) is 10.6 Å². The predicted octanol–water partition coefficient (Wildman–Crippen LogP) is 3.10. The lowest BCUT2D eigenvalue weighted by molar-refractivity contribution is 0.0788. The molecule has 0 heterocycles. The second-order valence-electron chi connectivity index (χ2n) is 5.02. The van der Waals surface area contributed by atoms with Gasteiger partial charge in [0.2, 0.25) is 0 Å². The van der Waals surface area contributed by atoms with Crippen LogP contribution in [0.3, 0.4) is 0 Å². The Morgan fingerprint density at radius 1 is 1.35 bits per heavy atom. The number of hydrogen-bond acceptors (Lipinski definition) is 2. The summed E-state index contributed by atoms with van der Waals surface area (Å²) in [4.78, 5) is 0. The van der Waals surface area contributed by atoms with Crippen LogP contribution >= 0.6 is 15.9 Å². The molecule has 1 aromatic rings. The molecule has 0 aliphatic heterocycles. The summed E-state index contributed by atoms with van der Waals surface area (Å²) in [7, 11) is 4.12. The molecule has 1 aliphatic carbocycles. The number of hydrogen-bond donors (Lipinski definition) is 2. The molecule has 1 aromatic carbocycles. The van der Waals surface area contributed by atoms with Gasteiger partial charge in [0.15, 0.2) is 0 Å². The molecule has 17 heavy (non-hydrogen) atoms. The average molecular weight is 297 g/mol. The molecule has 1 atom stereocenters. The minimum absolute atomic E-state index is 0.393. The van der Waals surface area contributed by atoms with Crippen LogP contribution in [-0.4, -0.2) is 20.6 Å². The average Bonchev–Trinajstić information content (AvgIpc) is 2.27. The molecular weight excluding hydrogens is 276 g/mol. The molecule has 1 fully saturated rings. The van der Waals surface area contributed by atoms with E-state index in [-0.39, 0.29) is 0 Å².